The number of amides is 1. The first-order valence-electron chi connectivity index (χ1n) is 8.97. The van der Waals surface area contributed by atoms with Gasteiger partial charge < -0.3 is 9.80 Å². The van der Waals surface area contributed by atoms with Crippen molar-refractivity contribution >= 4 is 5.91 Å². The molecular formula is C17H27N5O. The molecule has 3 heterocycles. The molecule has 1 amide bonds. The van der Waals surface area contributed by atoms with Crippen molar-refractivity contribution < 1.29 is 4.79 Å². The lowest BCUT2D eigenvalue weighted by atomic mass is 9.84. The van der Waals surface area contributed by atoms with Crippen molar-refractivity contribution in [3.05, 3.63) is 17.0 Å². The molecule has 4 rings (SSSR count). The van der Waals surface area contributed by atoms with E-state index in [9.17, 15) is 4.79 Å². The number of aromatic amines is 1. The average molecular weight is 317 g/mol. The van der Waals surface area contributed by atoms with Crippen LogP contribution in [0.5, 0.6) is 0 Å². The van der Waals surface area contributed by atoms with Crippen molar-refractivity contribution in [2.45, 2.75) is 32.2 Å². The summed E-state index contributed by atoms with van der Waals surface area (Å²) in [5, 5.41) is 7.51. The molecule has 0 unspecified atom stereocenters. The molecule has 0 radical (unpaired) electrons. The Bertz CT molecular complexity index is 572. The zero-order valence-corrected chi connectivity index (χ0v) is 14.1. The number of likely N-dealkylation sites (N-methyl/N-ethyl adjacent to an activating group) is 1. The Balaban J connectivity index is 1.46. The van der Waals surface area contributed by atoms with Crippen LogP contribution in [0.2, 0.25) is 0 Å². The fraction of sp³-hybridized carbons (Fsp3) is 0.765. The topological polar surface area (TPSA) is 55.5 Å². The summed E-state index contributed by atoms with van der Waals surface area (Å²) < 4.78 is 0. The molecule has 1 aliphatic carbocycles. The largest absolute Gasteiger partial charge is 0.335 e. The fourth-order valence-electron chi connectivity index (χ4n) is 3.88. The Kier molecular flexibility index (Phi) is 4.11. The Morgan fingerprint density at radius 2 is 2.00 bits per heavy atom. The number of carbonyl (C=O) groups is 1. The Labute approximate surface area is 137 Å². The summed E-state index contributed by atoms with van der Waals surface area (Å²) in [4.78, 5) is 19.6. The fourth-order valence-corrected chi connectivity index (χ4v) is 3.88. The monoisotopic (exact) mass is 317 g/mol. The second kappa shape index (κ2) is 6.24. The minimum absolute atomic E-state index is 0.112. The third-order valence-corrected chi connectivity index (χ3v) is 5.75. The van der Waals surface area contributed by atoms with Crippen molar-refractivity contribution in [1.29, 1.82) is 0 Å². The van der Waals surface area contributed by atoms with Crippen molar-refractivity contribution in [2.75, 3.05) is 46.3 Å². The van der Waals surface area contributed by atoms with Crippen molar-refractivity contribution in [3.8, 4) is 0 Å². The minimum atomic E-state index is 0.112. The molecule has 2 fully saturated rings. The van der Waals surface area contributed by atoms with Crippen molar-refractivity contribution in [1.82, 2.24) is 24.9 Å². The summed E-state index contributed by atoms with van der Waals surface area (Å²) in [7, 11) is 2.11. The van der Waals surface area contributed by atoms with Gasteiger partial charge in [-0.25, -0.2) is 0 Å². The molecule has 1 aromatic heterocycles. The highest BCUT2D eigenvalue weighted by Crippen LogP contribution is 2.29. The maximum Gasteiger partial charge on any atom is 0.274 e. The number of hydrogen-bond acceptors (Lipinski definition) is 4. The standard InChI is InChI=1S/C17H27N5O/c1-20-7-9-22(10-8-20)17(23)16-14-12-21(11-13-3-2-4-13)6-5-15(14)18-19-16/h13H,2-12H2,1H3,(H,18,19). The third kappa shape index (κ3) is 3.02. The van der Waals surface area contributed by atoms with Crippen LogP contribution in [-0.2, 0) is 13.0 Å². The molecule has 23 heavy (non-hydrogen) atoms. The third-order valence-electron chi connectivity index (χ3n) is 5.75. The van der Waals surface area contributed by atoms with Gasteiger partial charge in [-0.05, 0) is 25.8 Å². The second-order valence-corrected chi connectivity index (χ2v) is 7.41. The number of piperazine rings is 1. The van der Waals surface area contributed by atoms with Crippen molar-refractivity contribution in [3.63, 3.8) is 0 Å². The summed E-state index contributed by atoms with van der Waals surface area (Å²) in [6, 6.07) is 0. The molecule has 2 aliphatic heterocycles. The summed E-state index contributed by atoms with van der Waals surface area (Å²) in [5.74, 6) is 0.987. The smallest absolute Gasteiger partial charge is 0.274 e. The lowest BCUT2D eigenvalue weighted by Gasteiger charge is -2.35. The van der Waals surface area contributed by atoms with Crippen LogP contribution in [-0.4, -0.2) is 77.1 Å². The number of carbonyl (C=O) groups excluding carboxylic acids is 1. The van der Waals surface area contributed by atoms with Crippen LogP contribution >= 0.6 is 0 Å². The molecule has 0 aromatic carbocycles. The number of aromatic nitrogens is 2. The van der Waals surface area contributed by atoms with E-state index in [1.165, 1.54) is 31.5 Å². The Hall–Kier alpha value is -1.40. The van der Waals surface area contributed by atoms with E-state index in [1.54, 1.807) is 0 Å². The van der Waals surface area contributed by atoms with E-state index in [0.29, 0.717) is 5.69 Å². The molecule has 1 saturated carbocycles. The van der Waals surface area contributed by atoms with Gasteiger partial charge in [0.15, 0.2) is 5.69 Å². The zero-order chi connectivity index (χ0) is 15.8. The number of nitrogens with zero attached hydrogens (tertiary/aromatic N) is 4. The van der Waals surface area contributed by atoms with Gasteiger partial charge in [-0.3, -0.25) is 14.8 Å². The van der Waals surface area contributed by atoms with Gasteiger partial charge in [0.25, 0.3) is 5.91 Å². The normalized spacial score (nSPS) is 23.6. The van der Waals surface area contributed by atoms with Crippen LogP contribution in [0.25, 0.3) is 0 Å². The summed E-state index contributed by atoms with van der Waals surface area (Å²) in [6.45, 7) is 6.68. The number of fused-ring (bicyclic) bond motifs is 1. The molecule has 126 valence electrons. The van der Waals surface area contributed by atoms with Crippen molar-refractivity contribution in [2.24, 2.45) is 5.92 Å². The first-order chi connectivity index (χ1) is 11.2. The van der Waals surface area contributed by atoms with Gasteiger partial charge in [-0.15, -0.1) is 0 Å². The molecule has 1 N–H and O–H groups in total. The van der Waals surface area contributed by atoms with Crippen LogP contribution in [0.3, 0.4) is 0 Å². The van der Waals surface area contributed by atoms with Crippen LogP contribution < -0.4 is 0 Å². The molecule has 0 bridgehead atoms. The van der Waals surface area contributed by atoms with Crippen LogP contribution in [0, 0.1) is 5.92 Å². The molecule has 1 aromatic rings. The lowest BCUT2D eigenvalue weighted by molar-refractivity contribution is 0.0655. The molecule has 6 nitrogen and oxygen atoms in total. The predicted molar refractivity (Wildman–Crippen MR) is 88.3 cm³/mol. The van der Waals surface area contributed by atoms with Gasteiger partial charge >= 0.3 is 0 Å². The lowest BCUT2D eigenvalue weighted by Crippen LogP contribution is -2.47. The van der Waals surface area contributed by atoms with E-state index in [1.807, 2.05) is 4.90 Å². The van der Waals surface area contributed by atoms with E-state index >= 15 is 0 Å². The van der Waals surface area contributed by atoms with Gasteiger partial charge in [0.1, 0.15) is 0 Å². The quantitative estimate of drug-likeness (QED) is 0.902. The number of hydrogen-bond donors (Lipinski definition) is 1. The van der Waals surface area contributed by atoms with Gasteiger partial charge in [-0.2, -0.15) is 5.10 Å². The maximum absolute atomic E-state index is 12.8. The van der Waals surface area contributed by atoms with E-state index in [2.05, 4.69) is 27.0 Å². The molecule has 3 aliphatic rings. The summed E-state index contributed by atoms with van der Waals surface area (Å²) in [6.07, 6.45) is 5.14. The van der Waals surface area contributed by atoms with E-state index < -0.39 is 0 Å². The second-order valence-electron chi connectivity index (χ2n) is 7.41. The van der Waals surface area contributed by atoms with Gasteiger partial charge in [-0.1, -0.05) is 6.42 Å². The highest BCUT2D eigenvalue weighted by Gasteiger charge is 2.30. The predicted octanol–water partition coefficient (Wildman–Crippen LogP) is 0.956. The van der Waals surface area contributed by atoms with E-state index in [-0.39, 0.29) is 5.91 Å². The highest BCUT2D eigenvalue weighted by atomic mass is 16.2. The average Bonchev–Trinajstić information content (AvgIpc) is 2.94. The molecule has 1 saturated heterocycles. The van der Waals surface area contributed by atoms with Crippen LogP contribution in [0.15, 0.2) is 0 Å². The Morgan fingerprint density at radius 1 is 1.22 bits per heavy atom. The molecular weight excluding hydrogens is 290 g/mol. The summed E-state index contributed by atoms with van der Waals surface area (Å²) >= 11 is 0. The van der Waals surface area contributed by atoms with E-state index in [0.717, 1.165) is 57.2 Å². The first-order valence-corrected chi connectivity index (χ1v) is 8.97. The molecule has 0 spiro atoms. The molecule has 0 atom stereocenters. The van der Waals surface area contributed by atoms with Gasteiger partial charge in [0.2, 0.25) is 0 Å². The zero-order valence-electron chi connectivity index (χ0n) is 14.1. The number of H-pyrrole nitrogens is 1. The Morgan fingerprint density at radius 3 is 2.70 bits per heavy atom. The SMILES string of the molecule is CN1CCN(C(=O)c2n[nH]c3c2CN(CC2CCC2)CC3)CC1. The number of nitrogens with one attached hydrogen (secondary N) is 1. The first kappa shape index (κ1) is 15.1. The maximum atomic E-state index is 12.8. The van der Waals surface area contributed by atoms with Crippen LogP contribution in [0.1, 0.15) is 41.0 Å². The van der Waals surface area contributed by atoms with Gasteiger partial charge in [0.05, 0.1) is 0 Å². The minimum Gasteiger partial charge on any atom is -0.335 e. The molecule has 6 heteroatoms. The highest BCUT2D eigenvalue weighted by molar-refractivity contribution is 5.94. The van der Waals surface area contributed by atoms with Gasteiger partial charge in [0, 0.05) is 63.5 Å². The van der Waals surface area contributed by atoms with E-state index in [4.69, 9.17) is 0 Å². The number of rotatable bonds is 3. The summed E-state index contributed by atoms with van der Waals surface area (Å²) in [5.41, 5.74) is 3.00. The van der Waals surface area contributed by atoms with Crippen LogP contribution in [0.4, 0.5) is 0 Å².